The largest absolute Gasteiger partial charge is 0.478 e. The van der Waals surface area contributed by atoms with Crippen LogP contribution < -0.4 is 10.6 Å². The molecule has 0 aliphatic carbocycles. The molecule has 1 amide bonds. The molecular formula is C20H18N6O3. The number of carbonyl (C=O) groups is 2. The first-order valence-corrected chi connectivity index (χ1v) is 8.91. The molecule has 0 radical (unpaired) electrons. The van der Waals surface area contributed by atoms with Crippen LogP contribution in [0.4, 0.5) is 11.6 Å². The standard InChI is InChI=1S/C20H18N6O3/c1-11-4-3-5-15(10-11)22-18(27)16-12(2)21-20-23-24-25-26(20)17(16)13-6-8-14(9-7-13)19(28)29/h3-10,17H,1-2H3,(H,22,27)(H,28,29)(H,21,23,25). The summed E-state index contributed by atoms with van der Waals surface area (Å²) in [4.78, 5) is 24.4. The van der Waals surface area contributed by atoms with Crippen molar-refractivity contribution in [3.63, 3.8) is 0 Å². The highest BCUT2D eigenvalue weighted by Gasteiger charge is 2.34. The number of carbonyl (C=O) groups excluding carboxylic acids is 1. The van der Waals surface area contributed by atoms with Crippen LogP contribution in [0, 0.1) is 6.92 Å². The quantitative estimate of drug-likeness (QED) is 0.626. The molecule has 1 atom stereocenters. The maximum atomic E-state index is 13.2. The molecule has 2 heterocycles. The zero-order valence-corrected chi connectivity index (χ0v) is 15.7. The fourth-order valence-electron chi connectivity index (χ4n) is 3.34. The van der Waals surface area contributed by atoms with Crippen molar-refractivity contribution in [3.8, 4) is 0 Å². The van der Waals surface area contributed by atoms with E-state index in [2.05, 4.69) is 26.2 Å². The van der Waals surface area contributed by atoms with Crippen LogP contribution in [0.3, 0.4) is 0 Å². The zero-order chi connectivity index (χ0) is 20.5. The van der Waals surface area contributed by atoms with E-state index in [0.29, 0.717) is 28.5 Å². The van der Waals surface area contributed by atoms with Gasteiger partial charge in [0.25, 0.3) is 5.91 Å². The van der Waals surface area contributed by atoms with E-state index in [0.717, 1.165) is 5.56 Å². The van der Waals surface area contributed by atoms with Crippen molar-refractivity contribution in [3.05, 3.63) is 76.5 Å². The van der Waals surface area contributed by atoms with Crippen molar-refractivity contribution in [1.29, 1.82) is 0 Å². The van der Waals surface area contributed by atoms with E-state index >= 15 is 0 Å². The monoisotopic (exact) mass is 390 g/mol. The lowest BCUT2D eigenvalue weighted by Gasteiger charge is -2.28. The fourth-order valence-corrected chi connectivity index (χ4v) is 3.34. The van der Waals surface area contributed by atoms with Gasteiger partial charge in [0.1, 0.15) is 6.04 Å². The van der Waals surface area contributed by atoms with Crippen molar-refractivity contribution in [2.45, 2.75) is 19.9 Å². The Balaban J connectivity index is 1.75. The Morgan fingerprint density at radius 2 is 1.90 bits per heavy atom. The van der Waals surface area contributed by atoms with E-state index in [4.69, 9.17) is 5.11 Å². The number of aromatic nitrogens is 4. The summed E-state index contributed by atoms with van der Waals surface area (Å²) < 4.78 is 1.51. The van der Waals surface area contributed by atoms with Crippen LogP contribution in [0.25, 0.3) is 0 Å². The molecule has 1 aliphatic rings. The Hall–Kier alpha value is -4.01. The number of anilines is 2. The first-order chi connectivity index (χ1) is 13.9. The van der Waals surface area contributed by atoms with E-state index in [1.807, 2.05) is 31.2 Å². The number of carboxylic acids is 1. The van der Waals surface area contributed by atoms with Gasteiger partial charge in [0.2, 0.25) is 5.95 Å². The van der Waals surface area contributed by atoms with E-state index < -0.39 is 12.0 Å². The van der Waals surface area contributed by atoms with Crippen LogP contribution in [-0.4, -0.2) is 37.2 Å². The fraction of sp³-hybridized carbons (Fsp3) is 0.150. The van der Waals surface area contributed by atoms with E-state index in [1.54, 1.807) is 19.1 Å². The molecule has 29 heavy (non-hydrogen) atoms. The third-order valence-electron chi connectivity index (χ3n) is 4.71. The molecule has 9 nitrogen and oxygen atoms in total. The average Bonchev–Trinajstić information content (AvgIpc) is 3.14. The van der Waals surface area contributed by atoms with Gasteiger partial charge in [0, 0.05) is 11.4 Å². The highest BCUT2D eigenvalue weighted by molar-refractivity contribution is 6.06. The van der Waals surface area contributed by atoms with Crippen LogP contribution in [0.5, 0.6) is 0 Å². The van der Waals surface area contributed by atoms with Gasteiger partial charge in [0.05, 0.1) is 11.1 Å². The first kappa shape index (κ1) is 18.4. The number of hydrogen-bond acceptors (Lipinski definition) is 6. The van der Waals surface area contributed by atoms with Crippen LogP contribution in [0.1, 0.15) is 34.5 Å². The second kappa shape index (κ2) is 7.19. The number of benzene rings is 2. The number of rotatable bonds is 4. The summed E-state index contributed by atoms with van der Waals surface area (Å²) >= 11 is 0. The van der Waals surface area contributed by atoms with Gasteiger partial charge in [-0.15, -0.1) is 0 Å². The van der Waals surface area contributed by atoms with Gasteiger partial charge in [0.15, 0.2) is 0 Å². The predicted octanol–water partition coefficient (Wildman–Crippen LogP) is 2.61. The topological polar surface area (TPSA) is 122 Å². The number of tetrazole rings is 1. The second-order valence-corrected chi connectivity index (χ2v) is 6.76. The van der Waals surface area contributed by atoms with Gasteiger partial charge >= 0.3 is 5.97 Å². The lowest BCUT2D eigenvalue weighted by molar-refractivity contribution is -0.113. The third kappa shape index (κ3) is 3.45. The number of nitrogens with one attached hydrogen (secondary N) is 2. The molecule has 0 fully saturated rings. The number of hydrogen-bond donors (Lipinski definition) is 3. The molecule has 1 aromatic heterocycles. The maximum absolute atomic E-state index is 13.2. The van der Waals surface area contributed by atoms with Gasteiger partial charge in [-0.3, -0.25) is 4.79 Å². The summed E-state index contributed by atoms with van der Waals surface area (Å²) in [5.74, 6) is -0.912. The van der Waals surface area contributed by atoms with Gasteiger partial charge < -0.3 is 15.7 Å². The molecule has 3 aromatic rings. The molecule has 1 unspecified atom stereocenters. The molecule has 1 aliphatic heterocycles. The van der Waals surface area contributed by atoms with E-state index in [1.165, 1.54) is 16.8 Å². The minimum Gasteiger partial charge on any atom is -0.478 e. The number of fused-ring (bicyclic) bond motifs is 1. The number of nitrogens with zero attached hydrogens (tertiary/aromatic N) is 4. The third-order valence-corrected chi connectivity index (χ3v) is 4.71. The molecule has 4 rings (SSSR count). The van der Waals surface area contributed by atoms with Crippen molar-refractivity contribution in [2.24, 2.45) is 0 Å². The maximum Gasteiger partial charge on any atom is 0.335 e. The Morgan fingerprint density at radius 1 is 1.14 bits per heavy atom. The molecule has 3 N–H and O–H groups in total. The van der Waals surface area contributed by atoms with E-state index in [-0.39, 0.29) is 11.5 Å². The van der Waals surface area contributed by atoms with Gasteiger partial charge in [-0.25, -0.2) is 4.79 Å². The summed E-state index contributed by atoms with van der Waals surface area (Å²) in [6, 6.07) is 13.2. The lowest BCUT2D eigenvalue weighted by Crippen LogP contribution is -2.31. The molecule has 0 saturated carbocycles. The van der Waals surface area contributed by atoms with E-state index in [9.17, 15) is 9.59 Å². The molecule has 9 heteroatoms. The van der Waals surface area contributed by atoms with Crippen molar-refractivity contribution in [1.82, 2.24) is 20.2 Å². The Kier molecular flexibility index (Phi) is 4.55. The Labute approximate surface area is 166 Å². The Morgan fingerprint density at radius 3 is 2.59 bits per heavy atom. The summed E-state index contributed by atoms with van der Waals surface area (Å²) in [5.41, 5.74) is 3.61. The molecular weight excluding hydrogens is 372 g/mol. The van der Waals surface area contributed by atoms with Crippen LogP contribution in [0.2, 0.25) is 0 Å². The number of amides is 1. The smallest absolute Gasteiger partial charge is 0.335 e. The summed E-state index contributed by atoms with van der Waals surface area (Å²) in [6.45, 7) is 3.73. The Bertz CT molecular complexity index is 1130. The number of allylic oxidation sites excluding steroid dienone is 1. The molecule has 0 spiro atoms. The lowest BCUT2D eigenvalue weighted by atomic mass is 9.94. The highest BCUT2D eigenvalue weighted by Crippen LogP contribution is 2.35. The minimum absolute atomic E-state index is 0.158. The second-order valence-electron chi connectivity index (χ2n) is 6.76. The molecule has 0 saturated heterocycles. The van der Waals surface area contributed by atoms with Gasteiger partial charge in [-0.05, 0) is 59.7 Å². The van der Waals surface area contributed by atoms with Crippen molar-refractivity contribution >= 4 is 23.5 Å². The zero-order valence-electron chi connectivity index (χ0n) is 15.7. The van der Waals surface area contributed by atoms with Crippen molar-refractivity contribution < 1.29 is 14.7 Å². The van der Waals surface area contributed by atoms with Crippen LogP contribution >= 0.6 is 0 Å². The predicted molar refractivity (Wildman–Crippen MR) is 105 cm³/mol. The normalized spacial score (nSPS) is 15.4. The summed E-state index contributed by atoms with van der Waals surface area (Å²) in [7, 11) is 0. The minimum atomic E-state index is -1.02. The van der Waals surface area contributed by atoms with Gasteiger partial charge in [-0.1, -0.05) is 29.4 Å². The van der Waals surface area contributed by atoms with Crippen LogP contribution in [0.15, 0.2) is 59.8 Å². The van der Waals surface area contributed by atoms with Crippen molar-refractivity contribution in [2.75, 3.05) is 10.6 Å². The molecule has 2 aromatic carbocycles. The number of carboxylic acid groups (broad SMARTS) is 1. The SMILES string of the molecule is CC1=C(C(=O)Nc2cccc(C)c2)C(c2ccc(C(=O)O)cc2)n2nnnc2N1. The van der Waals surface area contributed by atoms with Crippen LogP contribution in [-0.2, 0) is 4.79 Å². The summed E-state index contributed by atoms with van der Waals surface area (Å²) in [6.07, 6.45) is 0. The molecule has 0 bridgehead atoms. The number of aromatic carboxylic acids is 1. The highest BCUT2D eigenvalue weighted by atomic mass is 16.4. The number of aryl methyl sites for hydroxylation is 1. The molecule has 146 valence electrons. The van der Waals surface area contributed by atoms with Gasteiger partial charge in [-0.2, -0.15) is 4.68 Å². The average molecular weight is 390 g/mol. The first-order valence-electron chi connectivity index (χ1n) is 8.91. The summed E-state index contributed by atoms with van der Waals surface area (Å²) in [5, 5.41) is 26.8.